The number of halogens is 1. The minimum atomic E-state index is -0.609. The number of rotatable bonds is 1. The molecular weight excluding hydrogens is 218 g/mol. The molecule has 0 spiro atoms. The number of amides is 2. The van der Waals surface area contributed by atoms with E-state index in [-0.39, 0.29) is 11.8 Å². The summed E-state index contributed by atoms with van der Waals surface area (Å²) in [5.41, 5.74) is -1.18. The molecule has 86 valence electrons. The Balaban J connectivity index is 2.71. The fraction of sp³-hybridized carbons (Fsp3) is 0.800. The Morgan fingerprint density at radius 1 is 1.60 bits per heavy atom. The summed E-state index contributed by atoms with van der Waals surface area (Å²) in [5, 5.41) is 0. The Labute approximate surface area is 94.5 Å². The van der Waals surface area contributed by atoms with Crippen LogP contribution in [0.4, 0.5) is 4.79 Å². The van der Waals surface area contributed by atoms with Crippen molar-refractivity contribution in [3.8, 4) is 0 Å². The molecule has 0 radical (unpaired) electrons. The normalized spacial score (nSPS) is 26.2. The van der Waals surface area contributed by atoms with E-state index in [2.05, 4.69) is 0 Å². The molecule has 0 saturated carbocycles. The SMILES string of the molecule is CC(C)(C)OC(=O)N1C(=O)CC1(C)CCl. The van der Waals surface area contributed by atoms with Crippen LogP contribution in [0.5, 0.6) is 0 Å². The number of hydrogen-bond donors (Lipinski definition) is 0. The van der Waals surface area contributed by atoms with Gasteiger partial charge in [0.1, 0.15) is 5.60 Å². The van der Waals surface area contributed by atoms with E-state index in [1.54, 1.807) is 27.7 Å². The molecule has 1 atom stereocenters. The van der Waals surface area contributed by atoms with Crippen molar-refractivity contribution in [1.82, 2.24) is 4.90 Å². The summed E-state index contributed by atoms with van der Waals surface area (Å²) in [5.74, 6) is 0.00485. The van der Waals surface area contributed by atoms with Crippen molar-refractivity contribution in [2.75, 3.05) is 5.88 Å². The minimum Gasteiger partial charge on any atom is -0.443 e. The third kappa shape index (κ3) is 2.43. The van der Waals surface area contributed by atoms with Gasteiger partial charge in [0.05, 0.1) is 12.0 Å². The van der Waals surface area contributed by atoms with Gasteiger partial charge in [0.2, 0.25) is 5.91 Å². The van der Waals surface area contributed by atoms with Crippen LogP contribution in [0.25, 0.3) is 0 Å². The Hall–Kier alpha value is -0.770. The predicted molar refractivity (Wildman–Crippen MR) is 56.8 cm³/mol. The number of imide groups is 1. The second-order valence-corrected chi connectivity index (χ2v) is 5.28. The fourth-order valence-corrected chi connectivity index (χ4v) is 1.64. The van der Waals surface area contributed by atoms with Gasteiger partial charge in [-0.3, -0.25) is 4.79 Å². The van der Waals surface area contributed by atoms with E-state index in [1.165, 1.54) is 0 Å². The van der Waals surface area contributed by atoms with Crippen molar-refractivity contribution in [3.05, 3.63) is 0 Å². The first-order valence-electron chi connectivity index (χ1n) is 4.82. The van der Waals surface area contributed by atoms with Crippen LogP contribution in [0.2, 0.25) is 0 Å². The van der Waals surface area contributed by atoms with Crippen LogP contribution in [0.15, 0.2) is 0 Å². The number of carbonyl (C=O) groups is 2. The molecule has 1 heterocycles. The van der Waals surface area contributed by atoms with Gasteiger partial charge in [0, 0.05) is 5.88 Å². The number of hydrogen-bond acceptors (Lipinski definition) is 3. The Bertz CT molecular complexity index is 298. The van der Waals surface area contributed by atoms with Crippen molar-refractivity contribution in [2.24, 2.45) is 0 Å². The minimum absolute atomic E-state index is 0.229. The number of nitrogens with zero attached hydrogens (tertiary/aromatic N) is 1. The molecule has 0 bridgehead atoms. The first-order valence-corrected chi connectivity index (χ1v) is 5.35. The quantitative estimate of drug-likeness (QED) is 0.515. The van der Waals surface area contributed by atoms with Gasteiger partial charge in [-0.2, -0.15) is 0 Å². The van der Waals surface area contributed by atoms with Gasteiger partial charge in [-0.05, 0) is 27.7 Å². The van der Waals surface area contributed by atoms with Crippen molar-refractivity contribution in [3.63, 3.8) is 0 Å². The van der Waals surface area contributed by atoms with Crippen LogP contribution in [-0.4, -0.2) is 33.9 Å². The van der Waals surface area contributed by atoms with Crippen molar-refractivity contribution < 1.29 is 14.3 Å². The lowest BCUT2D eigenvalue weighted by Gasteiger charge is -2.46. The Morgan fingerprint density at radius 2 is 2.13 bits per heavy atom. The van der Waals surface area contributed by atoms with Crippen molar-refractivity contribution in [2.45, 2.75) is 45.3 Å². The van der Waals surface area contributed by atoms with Crippen LogP contribution >= 0.6 is 11.6 Å². The monoisotopic (exact) mass is 233 g/mol. The largest absolute Gasteiger partial charge is 0.443 e. The third-order valence-electron chi connectivity index (χ3n) is 2.19. The molecule has 1 rings (SSSR count). The van der Waals surface area contributed by atoms with Gasteiger partial charge in [0.25, 0.3) is 0 Å². The standard InChI is InChI=1S/C10H16ClNO3/c1-9(2,3)15-8(14)12-7(13)5-10(12,4)6-11/h5-6H2,1-4H3. The van der Waals surface area contributed by atoms with Gasteiger partial charge < -0.3 is 4.74 Å². The van der Waals surface area contributed by atoms with Crippen LogP contribution in [0.1, 0.15) is 34.1 Å². The Morgan fingerprint density at radius 3 is 2.47 bits per heavy atom. The zero-order valence-electron chi connectivity index (χ0n) is 9.46. The molecule has 0 aromatic heterocycles. The molecule has 1 unspecified atom stereocenters. The summed E-state index contributed by atoms with van der Waals surface area (Å²) in [6.45, 7) is 7.04. The molecule has 1 fully saturated rings. The molecule has 0 N–H and O–H groups in total. The summed E-state index contributed by atoms with van der Waals surface area (Å²) in [7, 11) is 0. The summed E-state index contributed by atoms with van der Waals surface area (Å²) in [6.07, 6.45) is -0.308. The molecular formula is C10H16ClNO3. The molecule has 2 amide bonds. The van der Waals surface area contributed by atoms with Crippen LogP contribution in [-0.2, 0) is 9.53 Å². The predicted octanol–water partition coefficient (Wildman–Crippen LogP) is 2.15. The van der Waals surface area contributed by atoms with E-state index in [1.807, 2.05) is 0 Å². The number of likely N-dealkylation sites (tertiary alicyclic amines) is 1. The zero-order valence-corrected chi connectivity index (χ0v) is 10.2. The van der Waals surface area contributed by atoms with E-state index in [0.717, 1.165) is 4.90 Å². The molecule has 0 aromatic rings. The van der Waals surface area contributed by atoms with Crippen LogP contribution in [0.3, 0.4) is 0 Å². The van der Waals surface area contributed by atoms with E-state index in [4.69, 9.17) is 16.3 Å². The maximum absolute atomic E-state index is 11.7. The van der Waals surface area contributed by atoms with Gasteiger partial charge in [-0.15, -0.1) is 11.6 Å². The van der Waals surface area contributed by atoms with Crippen LogP contribution in [0, 0.1) is 0 Å². The highest BCUT2D eigenvalue weighted by Crippen LogP contribution is 2.34. The molecule has 1 aliphatic heterocycles. The second kappa shape index (κ2) is 3.67. The maximum Gasteiger partial charge on any atom is 0.417 e. The highest BCUT2D eigenvalue weighted by atomic mass is 35.5. The average Bonchev–Trinajstić information content (AvgIpc) is 1.98. The molecule has 15 heavy (non-hydrogen) atoms. The van der Waals surface area contributed by atoms with E-state index < -0.39 is 17.2 Å². The summed E-state index contributed by atoms with van der Waals surface area (Å²) >= 11 is 5.72. The Kier molecular flexibility index (Phi) is 3.01. The first kappa shape index (κ1) is 12.3. The van der Waals surface area contributed by atoms with E-state index >= 15 is 0 Å². The molecule has 1 saturated heterocycles. The second-order valence-electron chi connectivity index (χ2n) is 5.02. The van der Waals surface area contributed by atoms with E-state index in [0.29, 0.717) is 6.42 Å². The zero-order chi connectivity index (χ0) is 11.9. The van der Waals surface area contributed by atoms with Crippen molar-refractivity contribution in [1.29, 1.82) is 0 Å². The summed E-state index contributed by atoms with van der Waals surface area (Å²) in [6, 6.07) is 0. The first-order chi connectivity index (χ1) is 6.69. The average molecular weight is 234 g/mol. The number of β-lactam (4-membered cyclic amide) rings is 1. The van der Waals surface area contributed by atoms with Gasteiger partial charge in [0.15, 0.2) is 0 Å². The van der Waals surface area contributed by atoms with Crippen LogP contribution < -0.4 is 0 Å². The van der Waals surface area contributed by atoms with Gasteiger partial charge >= 0.3 is 6.09 Å². The van der Waals surface area contributed by atoms with Gasteiger partial charge in [-0.1, -0.05) is 0 Å². The molecule has 1 aliphatic rings. The summed E-state index contributed by atoms with van der Waals surface area (Å²) in [4.78, 5) is 24.1. The molecule has 5 heteroatoms. The summed E-state index contributed by atoms with van der Waals surface area (Å²) < 4.78 is 5.12. The number of carbonyl (C=O) groups excluding carboxylic acids is 2. The number of alkyl halides is 1. The topological polar surface area (TPSA) is 46.6 Å². The maximum atomic E-state index is 11.7. The van der Waals surface area contributed by atoms with Gasteiger partial charge in [-0.25, -0.2) is 9.69 Å². The third-order valence-corrected chi connectivity index (χ3v) is 2.76. The highest BCUT2D eigenvalue weighted by Gasteiger charge is 2.51. The highest BCUT2D eigenvalue weighted by molar-refractivity contribution is 6.20. The lowest BCUT2D eigenvalue weighted by atomic mass is 9.88. The lowest BCUT2D eigenvalue weighted by molar-refractivity contribution is -0.150. The van der Waals surface area contributed by atoms with Crippen molar-refractivity contribution >= 4 is 23.6 Å². The molecule has 4 nitrogen and oxygen atoms in total. The molecule has 0 aromatic carbocycles. The smallest absolute Gasteiger partial charge is 0.417 e. The van der Waals surface area contributed by atoms with E-state index in [9.17, 15) is 9.59 Å². The fourth-order valence-electron chi connectivity index (χ4n) is 1.43. The lowest BCUT2D eigenvalue weighted by Crippen LogP contribution is -2.65. The molecule has 0 aliphatic carbocycles. The number of ether oxygens (including phenoxy) is 1.